The van der Waals surface area contributed by atoms with Gasteiger partial charge in [0, 0.05) is 25.0 Å². The van der Waals surface area contributed by atoms with Gasteiger partial charge in [0.15, 0.2) is 4.91 Å². The van der Waals surface area contributed by atoms with Crippen LogP contribution in [-0.2, 0) is 14.6 Å². The van der Waals surface area contributed by atoms with Crippen LogP contribution in [0.5, 0.6) is 0 Å². The van der Waals surface area contributed by atoms with E-state index in [1.807, 2.05) is 0 Å². The molecule has 0 bridgehead atoms. The molecule has 2 aromatic rings. The summed E-state index contributed by atoms with van der Waals surface area (Å²) < 4.78 is 26.4. The van der Waals surface area contributed by atoms with Gasteiger partial charge >= 0.3 is 0 Å². The Labute approximate surface area is 164 Å². The molecule has 2 aromatic carbocycles. The molecule has 0 aromatic heterocycles. The second-order valence-corrected chi connectivity index (χ2v) is 8.73. The van der Waals surface area contributed by atoms with Crippen LogP contribution in [0.1, 0.15) is 24.8 Å². The summed E-state index contributed by atoms with van der Waals surface area (Å²) in [5.74, 6) is -0.451. The van der Waals surface area contributed by atoms with Gasteiger partial charge in [0.1, 0.15) is 0 Å². The van der Waals surface area contributed by atoms with Crippen molar-refractivity contribution in [2.24, 2.45) is 0 Å². The van der Waals surface area contributed by atoms with Crippen molar-refractivity contribution < 1.29 is 13.2 Å². The molecule has 0 saturated carbocycles. The Kier molecular flexibility index (Phi) is 4.65. The molecule has 2 heterocycles. The van der Waals surface area contributed by atoms with Gasteiger partial charge in [0.05, 0.1) is 22.2 Å². The Hall–Kier alpha value is -3.11. The topological polar surface area (TPSA) is 81.5 Å². The number of nitrogens with zero attached hydrogens (tertiary/aromatic N) is 3. The van der Waals surface area contributed by atoms with Gasteiger partial charge in [-0.3, -0.25) is 4.79 Å². The van der Waals surface area contributed by atoms with E-state index in [2.05, 4.69) is 6.07 Å². The number of nitriles is 1. The summed E-state index contributed by atoms with van der Waals surface area (Å²) in [5, 5.41) is 9.02. The third-order valence-corrected chi connectivity index (χ3v) is 6.86. The molecule has 1 fully saturated rings. The molecule has 0 aliphatic carbocycles. The summed E-state index contributed by atoms with van der Waals surface area (Å²) in [7, 11) is -3.91. The van der Waals surface area contributed by atoms with Crippen molar-refractivity contribution in [2.75, 3.05) is 18.0 Å². The second kappa shape index (κ2) is 7.13. The molecule has 142 valence electrons. The summed E-state index contributed by atoms with van der Waals surface area (Å²) in [4.78, 5) is 16.3. The highest BCUT2D eigenvalue weighted by Gasteiger charge is 2.37. The molecule has 2 aliphatic heterocycles. The first-order valence-corrected chi connectivity index (χ1v) is 10.7. The maximum Gasteiger partial charge on any atom is 0.267 e. The number of benzene rings is 2. The van der Waals surface area contributed by atoms with E-state index in [1.54, 1.807) is 52.3 Å². The normalized spacial score (nSPS) is 18.0. The first kappa shape index (κ1) is 18.3. The van der Waals surface area contributed by atoms with Crippen molar-refractivity contribution in [1.29, 1.82) is 5.26 Å². The summed E-state index contributed by atoms with van der Waals surface area (Å²) in [6.07, 6.45) is 4.23. The van der Waals surface area contributed by atoms with E-state index < -0.39 is 15.7 Å². The highest BCUT2D eigenvalue weighted by Crippen LogP contribution is 2.40. The third kappa shape index (κ3) is 3.06. The van der Waals surface area contributed by atoms with Gasteiger partial charge in [-0.05, 0) is 55.7 Å². The van der Waals surface area contributed by atoms with Crippen LogP contribution in [-0.4, -0.2) is 32.3 Å². The molecule has 2 aliphatic rings. The Morgan fingerprint density at radius 3 is 2.32 bits per heavy atom. The SMILES string of the molecule is N#Cc1ccc(N2C=C(C(=O)N3CCCCC3)S(=O)(=O)c3ccccc32)cc1. The first-order chi connectivity index (χ1) is 13.5. The minimum atomic E-state index is -3.91. The van der Waals surface area contributed by atoms with Crippen LogP contribution in [0.4, 0.5) is 11.4 Å². The number of hydrogen-bond acceptors (Lipinski definition) is 5. The van der Waals surface area contributed by atoms with Crippen LogP contribution in [0.3, 0.4) is 0 Å². The average molecular weight is 393 g/mol. The Balaban J connectivity index is 1.84. The van der Waals surface area contributed by atoms with E-state index in [0.717, 1.165) is 19.3 Å². The lowest BCUT2D eigenvalue weighted by Gasteiger charge is -2.32. The number of rotatable bonds is 2. The van der Waals surface area contributed by atoms with Crippen LogP contribution in [0, 0.1) is 11.3 Å². The van der Waals surface area contributed by atoms with Gasteiger partial charge in [-0.1, -0.05) is 12.1 Å². The monoisotopic (exact) mass is 393 g/mol. The van der Waals surface area contributed by atoms with Crippen LogP contribution in [0.15, 0.2) is 64.5 Å². The van der Waals surface area contributed by atoms with Gasteiger partial charge in [0.25, 0.3) is 5.91 Å². The predicted octanol–water partition coefficient (Wildman–Crippen LogP) is 3.34. The fourth-order valence-electron chi connectivity index (χ4n) is 3.59. The second-order valence-electron chi connectivity index (χ2n) is 6.85. The van der Waals surface area contributed by atoms with Crippen LogP contribution in [0.25, 0.3) is 0 Å². The van der Waals surface area contributed by atoms with Crippen molar-refractivity contribution in [3.63, 3.8) is 0 Å². The molecule has 0 N–H and O–H groups in total. The maximum atomic E-state index is 13.2. The molecule has 0 spiro atoms. The van der Waals surface area contributed by atoms with Gasteiger partial charge in [0.2, 0.25) is 9.84 Å². The molecule has 1 saturated heterocycles. The summed E-state index contributed by atoms with van der Waals surface area (Å²) in [5.41, 5.74) is 1.68. The van der Waals surface area contributed by atoms with Crippen LogP contribution in [0.2, 0.25) is 0 Å². The zero-order valence-electron chi connectivity index (χ0n) is 15.2. The zero-order valence-corrected chi connectivity index (χ0v) is 16.0. The molecular weight excluding hydrogens is 374 g/mol. The molecule has 6 nitrogen and oxygen atoms in total. The number of anilines is 2. The minimum absolute atomic E-state index is 0.113. The summed E-state index contributed by atoms with van der Waals surface area (Å²) in [6, 6.07) is 15.5. The molecule has 7 heteroatoms. The molecule has 0 unspecified atom stereocenters. The maximum absolute atomic E-state index is 13.2. The predicted molar refractivity (Wildman–Crippen MR) is 105 cm³/mol. The molecular formula is C21H19N3O3S. The van der Waals surface area contributed by atoms with Crippen molar-refractivity contribution >= 4 is 27.1 Å². The molecule has 4 rings (SSSR count). The molecule has 28 heavy (non-hydrogen) atoms. The van der Waals surface area contributed by atoms with Crippen LogP contribution < -0.4 is 4.90 Å². The number of amides is 1. The van der Waals surface area contributed by atoms with Crippen LogP contribution >= 0.6 is 0 Å². The molecule has 0 radical (unpaired) electrons. The van der Waals surface area contributed by atoms with Gasteiger partial charge in [-0.15, -0.1) is 0 Å². The Bertz CT molecular complexity index is 1090. The first-order valence-electron chi connectivity index (χ1n) is 9.17. The zero-order chi connectivity index (χ0) is 19.7. The van der Waals surface area contributed by atoms with Crippen molar-refractivity contribution in [1.82, 2.24) is 4.90 Å². The van der Waals surface area contributed by atoms with E-state index in [9.17, 15) is 13.2 Å². The number of fused-ring (bicyclic) bond motifs is 1. The number of carbonyl (C=O) groups is 1. The summed E-state index contributed by atoms with van der Waals surface area (Å²) in [6.45, 7) is 1.15. The van der Waals surface area contributed by atoms with E-state index in [-0.39, 0.29) is 9.80 Å². The number of para-hydroxylation sites is 1. The fraction of sp³-hybridized carbons (Fsp3) is 0.238. The van der Waals surface area contributed by atoms with Crippen molar-refractivity contribution in [2.45, 2.75) is 24.2 Å². The van der Waals surface area contributed by atoms with Gasteiger partial charge < -0.3 is 9.80 Å². The lowest BCUT2D eigenvalue weighted by molar-refractivity contribution is -0.127. The lowest BCUT2D eigenvalue weighted by atomic mass is 10.1. The number of piperidine rings is 1. The van der Waals surface area contributed by atoms with E-state index in [4.69, 9.17) is 5.26 Å². The lowest BCUT2D eigenvalue weighted by Crippen LogP contribution is -2.39. The molecule has 1 amide bonds. The highest BCUT2D eigenvalue weighted by atomic mass is 32.2. The van der Waals surface area contributed by atoms with E-state index in [1.165, 1.54) is 12.3 Å². The Morgan fingerprint density at radius 2 is 1.64 bits per heavy atom. The quantitative estimate of drug-likeness (QED) is 0.782. The van der Waals surface area contributed by atoms with E-state index in [0.29, 0.717) is 30.0 Å². The smallest absolute Gasteiger partial charge is 0.267 e. The summed E-state index contributed by atoms with van der Waals surface area (Å²) >= 11 is 0. The average Bonchev–Trinajstić information content (AvgIpc) is 2.74. The van der Waals surface area contributed by atoms with E-state index >= 15 is 0 Å². The third-order valence-electron chi connectivity index (χ3n) is 5.08. The number of hydrogen-bond donors (Lipinski definition) is 0. The van der Waals surface area contributed by atoms with Gasteiger partial charge in [-0.2, -0.15) is 5.26 Å². The number of carbonyl (C=O) groups excluding carboxylic acids is 1. The highest BCUT2D eigenvalue weighted by molar-refractivity contribution is 7.96. The molecule has 0 atom stereocenters. The minimum Gasteiger partial charge on any atom is -0.338 e. The standard InChI is InChI=1S/C21H19N3O3S/c22-14-16-8-10-17(11-9-16)24-15-20(21(25)23-12-4-1-5-13-23)28(26,27)19-7-3-2-6-18(19)24/h2-3,6-11,15H,1,4-5,12-13H2. The fourth-order valence-corrected chi connectivity index (χ4v) is 5.13. The number of sulfone groups is 1. The Morgan fingerprint density at radius 1 is 0.964 bits per heavy atom. The van der Waals surface area contributed by atoms with Gasteiger partial charge in [-0.25, -0.2) is 8.42 Å². The van der Waals surface area contributed by atoms with Crippen molar-refractivity contribution in [3.05, 3.63) is 65.2 Å². The van der Waals surface area contributed by atoms with Crippen molar-refractivity contribution in [3.8, 4) is 6.07 Å². The number of likely N-dealkylation sites (tertiary alicyclic amines) is 1. The largest absolute Gasteiger partial charge is 0.338 e.